The first kappa shape index (κ1) is 11.6. The van der Waals surface area contributed by atoms with E-state index in [-0.39, 0.29) is 0 Å². The Labute approximate surface area is 102 Å². The average Bonchev–Trinajstić information content (AvgIpc) is 2.39. The van der Waals surface area contributed by atoms with Crippen LogP contribution in [0.5, 0.6) is 0 Å². The quantitative estimate of drug-likeness (QED) is 0.875. The first-order valence-corrected chi connectivity index (χ1v) is 5.85. The molecule has 0 aliphatic carbocycles. The third kappa shape index (κ3) is 2.44. The van der Waals surface area contributed by atoms with E-state index in [9.17, 15) is 0 Å². The topological polar surface area (TPSA) is 37.8 Å². The molecule has 1 aromatic carbocycles. The highest BCUT2D eigenvalue weighted by atomic mass is 15.1. The van der Waals surface area contributed by atoms with Gasteiger partial charge < -0.3 is 5.32 Å². The minimum absolute atomic E-state index is 0.660. The fourth-order valence-electron chi connectivity index (χ4n) is 1.79. The van der Waals surface area contributed by atoms with E-state index in [1.807, 2.05) is 20.2 Å². The summed E-state index contributed by atoms with van der Waals surface area (Å²) in [6, 6.07) is 8.50. The zero-order valence-electron chi connectivity index (χ0n) is 10.5. The van der Waals surface area contributed by atoms with Crippen LogP contribution in [0.1, 0.15) is 18.1 Å². The van der Waals surface area contributed by atoms with Crippen LogP contribution in [0.15, 0.2) is 30.5 Å². The van der Waals surface area contributed by atoms with Gasteiger partial charge in [-0.25, -0.2) is 9.97 Å². The van der Waals surface area contributed by atoms with Crippen LogP contribution in [-0.4, -0.2) is 17.0 Å². The Balaban J connectivity index is 2.50. The van der Waals surface area contributed by atoms with Gasteiger partial charge in [-0.05, 0) is 30.5 Å². The summed E-state index contributed by atoms with van der Waals surface area (Å²) in [7, 11) is 1.83. The SMILES string of the molecule is CCc1cccc(-c2nc(NC)ncc2C)c1. The molecule has 0 atom stereocenters. The monoisotopic (exact) mass is 227 g/mol. The van der Waals surface area contributed by atoms with Crippen molar-refractivity contribution in [2.24, 2.45) is 0 Å². The summed E-state index contributed by atoms with van der Waals surface area (Å²) >= 11 is 0. The number of nitrogens with one attached hydrogen (secondary N) is 1. The van der Waals surface area contributed by atoms with Crippen LogP contribution in [0.4, 0.5) is 5.95 Å². The Kier molecular flexibility index (Phi) is 3.38. The van der Waals surface area contributed by atoms with Gasteiger partial charge in [-0.15, -0.1) is 0 Å². The molecule has 0 saturated carbocycles. The van der Waals surface area contributed by atoms with Crippen LogP contribution in [0, 0.1) is 6.92 Å². The molecular weight excluding hydrogens is 210 g/mol. The van der Waals surface area contributed by atoms with E-state index in [4.69, 9.17) is 0 Å². The third-order valence-corrected chi connectivity index (χ3v) is 2.80. The number of nitrogens with zero attached hydrogens (tertiary/aromatic N) is 2. The summed E-state index contributed by atoms with van der Waals surface area (Å²) in [6.07, 6.45) is 2.89. The fraction of sp³-hybridized carbons (Fsp3) is 0.286. The minimum Gasteiger partial charge on any atom is -0.357 e. The molecule has 88 valence electrons. The Morgan fingerprint density at radius 3 is 2.82 bits per heavy atom. The lowest BCUT2D eigenvalue weighted by atomic mass is 10.0. The van der Waals surface area contributed by atoms with Crippen molar-refractivity contribution in [2.45, 2.75) is 20.3 Å². The number of aromatic nitrogens is 2. The molecule has 0 spiro atoms. The van der Waals surface area contributed by atoms with Crippen molar-refractivity contribution >= 4 is 5.95 Å². The fourth-order valence-corrected chi connectivity index (χ4v) is 1.79. The molecule has 2 aromatic rings. The van der Waals surface area contributed by atoms with Crippen LogP contribution in [-0.2, 0) is 6.42 Å². The Morgan fingerprint density at radius 2 is 2.12 bits per heavy atom. The number of hydrogen-bond donors (Lipinski definition) is 1. The molecule has 0 aliphatic heterocycles. The molecule has 2 rings (SSSR count). The molecule has 3 nitrogen and oxygen atoms in total. The van der Waals surface area contributed by atoms with Gasteiger partial charge in [0.2, 0.25) is 5.95 Å². The molecular formula is C14H17N3. The van der Waals surface area contributed by atoms with Crippen LogP contribution in [0.3, 0.4) is 0 Å². The van der Waals surface area contributed by atoms with Crippen molar-refractivity contribution in [1.82, 2.24) is 9.97 Å². The molecule has 17 heavy (non-hydrogen) atoms. The second kappa shape index (κ2) is 4.95. The number of hydrogen-bond acceptors (Lipinski definition) is 3. The summed E-state index contributed by atoms with van der Waals surface area (Å²) in [5.41, 5.74) is 4.57. The summed E-state index contributed by atoms with van der Waals surface area (Å²) in [5.74, 6) is 0.660. The predicted octanol–water partition coefficient (Wildman–Crippen LogP) is 3.06. The molecule has 0 radical (unpaired) electrons. The first-order chi connectivity index (χ1) is 8.24. The van der Waals surface area contributed by atoms with Gasteiger partial charge in [0.15, 0.2) is 0 Å². The van der Waals surface area contributed by atoms with Crippen LogP contribution >= 0.6 is 0 Å². The highest BCUT2D eigenvalue weighted by Crippen LogP contribution is 2.22. The summed E-state index contributed by atoms with van der Waals surface area (Å²) in [5, 5.41) is 2.97. The van der Waals surface area contributed by atoms with Crippen LogP contribution < -0.4 is 5.32 Å². The number of anilines is 1. The summed E-state index contributed by atoms with van der Waals surface area (Å²) < 4.78 is 0. The summed E-state index contributed by atoms with van der Waals surface area (Å²) in [4.78, 5) is 8.72. The molecule has 1 N–H and O–H groups in total. The van der Waals surface area contributed by atoms with Crippen molar-refractivity contribution in [3.05, 3.63) is 41.6 Å². The molecule has 0 aliphatic rings. The van der Waals surface area contributed by atoms with E-state index < -0.39 is 0 Å². The lowest BCUT2D eigenvalue weighted by Crippen LogP contribution is -1.99. The molecule has 0 fully saturated rings. The van der Waals surface area contributed by atoms with E-state index in [0.29, 0.717) is 5.95 Å². The summed E-state index contributed by atoms with van der Waals surface area (Å²) in [6.45, 7) is 4.19. The maximum Gasteiger partial charge on any atom is 0.222 e. The van der Waals surface area contributed by atoms with Gasteiger partial charge in [0, 0.05) is 18.8 Å². The Morgan fingerprint density at radius 1 is 1.29 bits per heavy atom. The van der Waals surface area contributed by atoms with Gasteiger partial charge in [0.05, 0.1) is 5.69 Å². The van der Waals surface area contributed by atoms with Gasteiger partial charge in [0.25, 0.3) is 0 Å². The standard InChI is InChI=1S/C14H17N3/c1-4-11-6-5-7-12(8-11)13-10(2)9-16-14(15-3)17-13/h5-9H,4H2,1-3H3,(H,15,16,17). The van der Waals surface area contributed by atoms with E-state index >= 15 is 0 Å². The van der Waals surface area contributed by atoms with E-state index in [2.05, 4.69) is 46.5 Å². The van der Waals surface area contributed by atoms with Gasteiger partial charge in [-0.1, -0.05) is 25.1 Å². The van der Waals surface area contributed by atoms with Crippen LogP contribution in [0.2, 0.25) is 0 Å². The van der Waals surface area contributed by atoms with E-state index in [1.54, 1.807) is 0 Å². The van der Waals surface area contributed by atoms with Gasteiger partial charge in [0.1, 0.15) is 0 Å². The maximum absolute atomic E-state index is 4.51. The van der Waals surface area contributed by atoms with Gasteiger partial charge in [-0.3, -0.25) is 0 Å². The first-order valence-electron chi connectivity index (χ1n) is 5.85. The number of benzene rings is 1. The molecule has 1 aromatic heterocycles. The van der Waals surface area contributed by atoms with Gasteiger partial charge in [-0.2, -0.15) is 0 Å². The van der Waals surface area contributed by atoms with E-state index in [0.717, 1.165) is 23.2 Å². The normalized spacial score (nSPS) is 10.3. The highest BCUT2D eigenvalue weighted by molar-refractivity contribution is 5.64. The molecule has 1 heterocycles. The smallest absolute Gasteiger partial charge is 0.222 e. The minimum atomic E-state index is 0.660. The molecule has 0 amide bonds. The van der Waals surface area contributed by atoms with Crippen molar-refractivity contribution in [1.29, 1.82) is 0 Å². The second-order valence-corrected chi connectivity index (χ2v) is 4.03. The Bertz CT molecular complexity index is 521. The molecule has 0 bridgehead atoms. The van der Waals surface area contributed by atoms with Crippen molar-refractivity contribution in [3.63, 3.8) is 0 Å². The lowest BCUT2D eigenvalue weighted by molar-refractivity contribution is 1.11. The number of aryl methyl sites for hydroxylation is 2. The zero-order valence-corrected chi connectivity index (χ0v) is 10.5. The molecule has 0 saturated heterocycles. The molecule has 0 unspecified atom stereocenters. The maximum atomic E-state index is 4.51. The average molecular weight is 227 g/mol. The number of rotatable bonds is 3. The largest absolute Gasteiger partial charge is 0.357 e. The highest BCUT2D eigenvalue weighted by Gasteiger charge is 2.06. The third-order valence-electron chi connectivity index (χ3n) is 2.80. The van der Waals surface area contributed by atoms with Crippen LogP contribution in [0.25, 0.3) is 11.3 Å². The predicted molar refractivity (Wildman–Crippen MR) is 71.1 cm³/mol. The van der Waals surface area contributed by atoms with Crippen molar-refractivity contribution < 1.29 is 0 Å². The second-order valence-electron chi connectivity index (χ2n) is 4.03. The van der Waals surface area contributed by atoms with Crippen molar-refractivity contribution in [3.8, 4) is 11.3 Å². The Hall–Kier alpha value is -1.90. The molecule has 3 heteroatoms. The van der Waals surface area contributed by atoms with Crippen molar-refractivity contribution in [2.75, 3.05) is 12.4 Å². The zero-order chi connectivity index (χ0) is 12.3. The lowest BCUT2D eigenvalue weighted by Gasteiger charge is -2.08. The van der Waals surface area contributed by atoms with E-state index in [1.165, 1.54) is 5.56 Å². The van der Waals surface area contributed by atoms with Gasteiger partial charge >= 0.3 is 0 Å².